The molecule has 0 radical (unpaired) electrons. The smallest absolute Gasteiger partial charge is 0.407 e. The van der Waals surface area contributed by atoms with E-state index in [0.29, 0.717) is 37.4 Å². The highest BCUT2D eigenvalue weighted by Gasteiger charge is 2.62. The standard InChI is InChI=1S/C36H50N8O8S/c1-5-24-21-36(24,33(47)41-53(49,50)27-16-17-27)38-31(45)28-20-23-22-43(28)32(46)29(35(2,3)4)37-34(48)52-19-11-9-7-6-8-10-18-51-26-14-12-25(13-15-26)44-40-30(23)39-42-44/h5,12-15,23-24,27-29H,1,6-11,16-22H2,2-4H3,(H,37,48)(H,38,45)(H,41,47)/t23-,24-,28+,29-,36-/m1/s1. The number of ether oxygens (including phenoxy) is 2. The maximum absolute atomic E-state index is 14.5. The quantitative estimate of drug-likeness (QED) is 0.366. The number of tetrazole rings is 1. The molecule has 3 N–H and O–H groups in total. The minimum atomic E-state index is -3.89. The molecular formula is C36H50N8O8S. The molecule has 1 saturated heterocycles. The van der Waals surface area contributed by atoms with Crippen LogP contribution < -0.4 is 20.1 Å². The number of hydrogen-bond acceptors (Lipinski definition) is 11. The molecule has 3 fully saturated rings. The van der Waals surface area contributed by atoms with Crippen LogP contribution >= 0.6 is 0 Å². The molecule has 0 unspecified atom stereocenters. The topological polar surface area (TPSA) is 204 Å². The molecule has 0 spiro atoms. The van der Waals surface area contributed by atoms with Crippen molar-refractivity contribution in [2.75, 3.05) is 19.8 Å². The van der Waals surface area contributed by atoms with E-state index in [-0.39, 0.29) is 26.0 Å². The summed E-state index contributed by atoms with van der Waals surface area (Å²) >= 11 is 0. The molecular weight excluding hydrogens is 705 g/mol. The third-order valence-corrected chi connectivity index (χ3v) is 12.2. The van der Waals surface area contributed by atoms with E-state index in [1.54, 1.807) is 20.8 Å². The third kappa shape index (κ3) is 8.82. The number of carbonyl (C=O) groups excluding carboxylic acids is 4. The van der Waals surface area contributed by atoms with Crippen LogP contribution in [0.2, 0.25) is 0 Å². The number of fused-ring (bicyclic) bond motifs is 15. The number of rotatable bonds is 6. The van der Waals surface area contributed by atoms with Crippen LogP contribution in [0.5, 0.6) is 5.75 Å². The Bertz CT molecular complexity index is 1810. The fraction of sp³-hybridized carbons (Fsp3) is 0.639. The van der Waals surface area contributed by atoms with Crippen LogP contribution in [-0.2, 0) is 29.1 Å². The lowest BCUT2D eigenvalue weighted by molar-refractivity contribution is -0.142. The molecule has 5 aliphatic rings. The van der Waals surface area contributed by atoms with Gasteiger partial charge in [-0.05, 0) is 73.4 Å². The first-order valence-electron chi connectivity index (χ1n) is 18.5. The average Bonchev–Trinajstić information content (AvgIpc) is 3.99. The number of sulfonamides is 1. The van der Waals surface area contributed by atoms with Crippen molar-refractivity contribution < 1.29 is 37.1 Å². The summed E-state index contributed by atoms with van der Waals surface area (Å²) in [6.07, 6.45) is 7.43. The van der Waals surface area contributed by atoms with Gasteiger partial charge >= 0.3 is 6.09 Å². The van der Waals surface area contributed by atoms with E-state index < -0.39 is 74.0 Å². The summed E-state index contributed by atoms with van der Waals surface area (Å²) in [5.41, 5.74) is -1.70. The van der Waals surface area contributed by atoms with Crippen molar-refractivity contribution in [1.82, 2.24) is 40.5 Å². The fourth-order valence-electron chi connectivity index (χ4n) is 6.95. The molecule has 17 heteroatoms. The Labute approximate surface area is 309 Å². The van der Waals surface area contributed by atoms with Gasteiger partial charge in [0.2, 0.25) is 21.8 Å². The molecule has 1 aromatic heterocycles. The van der Waals surface area contributed by atoms with Crippen LogP contribution in [-0.4, -0.2) is 100.0 Å². The van der Waals surface area contributed by atoms with Crippen molar-refractivity contribution in [3.05, 3.63) is 42.7 Å². The van der Waals surface area contributed by atoms with Gasteiger partial charge in [-0.15, -0.1) is 21.6 Å². The van der Waals surface area contributed by atoms with E-state index in [1.807, 2.05) is 24.3 Å². The monoisotopic (exact) mass is 754 g/mol. The summed E-state index contributed by atoms with van der Waals surface area (Å²) in [6.45, 7) is 9.97. The molecule has 53 heavy (non-hydrogen) atoms. The maximum atomic E-state index is 14.5. The van der Waals surface area contributed by atoms with Crippen LogP contribution in [0.4, 0.5) is 4.79 Å². The van der Waals surface area contributed by atoms with Gasteiger partial charge in [0.1, 0.15) is 23.4 Å². The van der Waals surface area contributed by atoms with Gasteiger partial charge in [-0.25, -0.2) is 13.2 Å². The number of aromatic nitrogens is 4. The first-order valence-corrected chi connectivity index (χ1v) is 20.0. The second kappa shape index (κ2) is 15.4. The molecule has 1 aromatic carbocycles. The highest BCUT2D eigenvalue weighted by molar-refractivity contribution is 7.91. The van der Waals surface area contributed by atoms with E-state index in [0.717, 1.165) is 37.9 Å². The molecule has 4 amide bonds. The molecule has 2 aliphatic carbocycles. The SMILES string of the molecule is C=C[C@@H]1C[C@]1(NC(=O)[C@@H]1C[C@@H]2CN1C(=O)[C@H](C(C)(C)C)NC(=O)OCCCCCCCCOc1ccc(cc1)-n1nnc2n1)C(=O)NS(=O)(=O)C1CC1. The number of hydrogen-bond donors (Lipinski definition) is 3. The summed E-state index contributed by atoms with van der Waals surface area (Å²) in [6, 6.07) is 5.11. The second-order valence-electron chi connectivity index (χ2n) is 15.6. The summed E-state index contributed by atoms with van der Waals surface area (Å²) in [5, 5.41) is 18.0. The van der Waals surface area contributed by atoms with Crippen LogP contribution in [0.25, 0.3) is 5.69 Å². The Morgan fingerprint density at radius 2 is 1.68 bits per heavy atom. The Balaban J connectivity index is 1.28. The van der Waals surface area contributed by atoms with Gasteiger partial charge in [-0.3, -0.25) is 19.1 Å². The molecule has 6 bridgehead atoms. The van der Waals surface area contributed by atoms with E-state index in [4.69, 9.17) is 9.47 Å². The van der Waals surface area contributed by atoms with Crippen molar-refractivity contribution in [2.24, 2.45) is 11.3 Å². The zero-order valence-electron chi connectivity index (χ0n) is 30.6. The minimum absolute atomic E-state index is 0.0127. The Morgan fingerprint density at radius 1 is 1.02 bits per heavy atom. The number of alkyl carbamates (subject to hydrolysis) is 1. The lowest BCUT2D eigenvalue weighted by atomic mass is 9.85. The largest absolute Gasteiger partial charge is 0.494 e. The van der Waals surface area contributed by atoms with Gasteiger partial charge in [-0.2, -0.15) is 0 Å². The maximum Gasteiger partial charge on any atom is 0.407 e. The zero-order valence-corrected chi connectivity index (χ0v) is 31.4. The van der Waals surface area contributed by atoms with Crippen LogP contribution in [0.3, 0.4) is 0 Å². The van der Waals surface area contributed by atoms with Crippen LogP contribution in [0.1, 0.15) is 96.7 Å². The third-order valence-electron chi connectivity index (χ3n) is 10.4. The van der Waals surface area contributed by atoms with Gasteiger partial charge < -0.3 is 25.0 Å². The van der Waals surface area contributed by atoms with Gasteiger partial charge in [-0.1, -0.05) is 52.5 Å². The molecule has 288 valence electrons. The number of benzene rings is 1. The molecule has 2 saturated carbocycles. The van der Waals surface area contributed by atoms with Crippen molar-refractivity contribution in [3.8, 4) is 11.4 Å². The summed E-state index contributed by atoms with van der Waals surface area (Å²) in [7, 11) is -3.89. The summed E-state index contributed by atoms with van der Waals surface area (Å²) in [4.78, 5) is 58.0. The number of nitrogens with zero attached hydrogens (tertiary/aromatic N) is 5. The number of amides is 4. The molecule has 16 nitrogen and oxygen atoms in total. The summed E-state index contributed by atoms with van der Waals surface area (Å²) in [5.74, 6) is -2.06. The molecule has 2 aromatic rings. The highest BCUT2D eigenvalue weighted by atomic mass is 32.2. The van der Waals surface area contributed by atoms with E-state index in [1.165, 1.54) is 15.8 Å². The Hall–Kier alpha value is -4.54. The number of nitrogens with one attached hydrogen (secondary N) is 3. The lowest BCUT2D eigenvalue weighted by Crippen LogP contribution is -2.60. The molecule has 7 rings (SSSR count). The summed E-state index contributed by atoms with van der Waals surface area (Å²) < 4.78 is 38.9. The van der Waals surface area contributed by atoms with Gasteiger partial charge in [0.15, 0.2) is 5.82 Å². The fourth-order valence-corrected chi connectivity index (χ4v) is 8.31. The molecule has 5 atom stereocenters. The Kier molecular flexibility index (Phi) is 11.1. The predicted molar refractivity (Wildman–Crippen MR) is 192 cm³/mol. The second-order valence-corrected chi connectivity index (χ2v) is 17.6. The molecule has 4 heterocycles. The highest BCUT2D eigenvalue weighted by Crippen LogP contribution is 2.46. The van der Waals surface area contributed by atoms with E-state index >= 15 is 0 Å². The predicted octanol–water partition coefficient (Wildman–Crippen LogP) is 2.89. The van der Waals surface area contributed by atoms with E-state index in [2.05, 4.69) is 37.3 Å². The first kappa shape index (κ1) is 38.2. The van der Waals surface area contributed by atoms with Crippen molar-refractivity contribution in [3.63, 3.8) is 0 Å². The normalized spacial score (nSPS) is 27.4. The molecule has 3 aliphatic heterocycles. The van der Waals surface area contributed by atoms with E-state index in [9.17, 15) is 27.6 Å². The lowest BCUT2D eigenvalue weighted by Gasteiger charge is -2.35. The number of carbonyl (C=O) groups is 4. The van der Waals surface area contributed by atoms with Gasteiger partial charge in [0.25, 0.3) is 5.91 Å². The zero-order chi connectivity index (χ0) is 38.0. The van der Waals surface area contributed by atoms with Crippen molar-refractivity contribution in [1.29, 1.82) is 0 Å². The first-order chi connectivity index (χ1) is 25.2. The van der Waals surface area contributed by atoms with Crippen molar-refractivity contribution >= 4 is 33.8 Å². The van der Waals surface area contributed by atoms with Crippen molar-refractivity contribution in [2.45, 2.75) is 114 Å². The van der Waals surface area contributed by atoms with Gasteiger partial charge in [0, 0.05) is 18.4 Å². The van der Waals surface area contributed by atoms with Crippen LogP contribution in [0.15, 0.2) is 36.9 Å². The van der Waals surface area contributed by atoms with Crippen LogP contribution in [0, 0.1) is 11.3 Å². The Morgan fingerprint density at radius 3 is 2.30 bits per heavy atom. The van der Waals surface area contributed by atoms with Gasteiger partial charge in [0.05, 0.1) is 24.2 Å². The average molecular weight is 755 g/mol. The minimum Gasteiger partial charge on any atom is -0.494 e.